The number of halogens is 1. The first kappa shape index (κ1) is 19.6. The lowest BCUT2D eigenvalue weighted by Crippen LogP contribution is -2.28. The fourth-order valence-electron chi connectivity index (χ4n) is 2.48. The van der Waals surface area contributed by atoms with Crippen molar-refractivity contribution in [2.24, 2.45) is 0 Å². The summed E-state index contributed by atoms with van der Waals surface area (Å²) in [5.41, 5.74) is 0.648. The lowest BCUT2D eigenvalue weighted by molar-refractivity contribution is -0.155. The molecule has 0 aliphatic carbocycles. The lowest BCUT2D eigenvalue weighted by Gasteiger charge is -2.25. The van der Waals surface area contributed by atoms with Crippen LogP contribution in [0.2, 0.25) is 0 Å². The summed E-state index contributed by atoms with van der Waals surface area (Å²) in [6.07, 6.45) is -0.536. The molecule has 0 spiro atoms. The fraction of sp³-hybridized carbons (Fsp3) is 0.533. The van der Waals surface area contributed by atoms with Gasteiger partial charge >= 0.3 is 7.60 Å². The predicted molar refractivity (Wildman–Crippen MR) is 94.7 cm³/mol. The van der Waals surface area contributed by atoms with Crippen molar-refractivity contribution in [1.29, 1.82) is 0 Å². The minimum absolute atomic E-state index is 0.226. The standard InChI is InChI=1S/C15H22BrN2O5P/c1-4-21-24(20,22-5-2)14-10-13(23-18(14)3)15(19)17-12-9-7-6-8-11(12)16/h6-9,13-14H,4-5,10H2,1-3H3,(H,17,19)/t13-,14-/m1/s1. The van der Waals surface area contributed by atoms with Gasteiger partial charge in [0.1, 0.15) is 5.78 Å². The molecule has 0 saturated carbocycles. The van der Waals surface area contributed by atoms with Crippen molar-refractivity contribution in [3.63, 3.8) is 0 Å². The number of anilines is 1. The Morgan fingerprint density at radius 3 is 2.58 bits per heavy atom. The first-order chi connectivity index (χ1) is 11.4. The number of hydroxylamine groups is 2. The Hall–Kier alpha value is -0.760. The van der Waals surface area contributed by atoms with E-state index in [1.54, 1.807) is 27.0 Å². The highest BCUT2D eigenvalue weighted by Gasteiger charge is 2.48. The first-order valence-electron chi connectivity index (χ1n) is 7.75. The molecule has 7 nitrogen and oxygen atoms in total. The van der Waals surface area contributed by atoms with Crippen molar-refractivity contribution in [1.82, 2.24) is 5.06 Å². The normalized spacial score (nSPS) is 21.8. The summed E-state index contributed by atoms with van der Waals surface area (Å²) in [5, 5.41) is 4.20. The van der Waals surface area contributed by atoms with Crippen LogP contribution >= 0.6 is 23.5 Å². The van der Waals surface area contributed by atoms with Crippen molar-refractivity contribution in [2.45, 2.75) is 32.2 Å². The fourth-order valence-corrected chi connectivity index (χ4v) is 4.91. The van der Waals surface area contributed by atoms with Gasteiger partial charge in [0.15, 0.2) is 6.10 Å². The molecule has 1 aliphatic heterocycles. The molecule has 1 fully saturated rings. The number of carbonyl (C=O) groups excluding carboxylic acids is 1. The molecule has 1 amide bonds. The van der Waals surface area contributed by atoms with Gasteiger partial charge in [-0.2, -0.15) is 5.06 Å². The Bertz CT molecular complexity index is 620. The Balaban J connectivity index is 2.08. The maximum atomic E-state index is 12.9. The van der Waals surface area contributed by atoms with Crippen molar-refractivity contribution >= 4 is 35.1 Å². The number of benzene rings is 1. The number of para-hydroxylation sites is 1. The maximum Gasteiger partial charge on any atom is 0.350 e. The van der Waals surface area contributed by atoms with Gasteiger partial charge in [0, 0.05) is 17.9 Å². The van der Waals surface area contributed by atoms with E-state index in [1.165, 1.54) is 5.06 Å². The molecule has 0 unspecified atom stereocenters. The highest BCUT2D eigenvalue weighted by molar-refractivity contribution is 9.10. The SMILES string of the molecule is CCOP(=O)(OCC)[C@@H]1C[C@H](C(=O)Nc2ccccc2Br)ON1C. The van der Waals surface area contributed by atoms with E-state index in [0.29, 0.717) is 5.69 Å². The molecule has 0 bridgehead atoms. The first-order valence-corrected chi connectivity index (χ1v) is 10.2. The summed E-state index contributed by atoms with van der Waals surface area (Å²) in [5.74, 6) is -0.928. The summed E-state index contributed by atoms with van der Waals surface area (Å²) in [6, 6.07) is 7.29. The number of rotatable bonds is 7. The van der Waals surface area contributed by atoms with E-state index in [0.717, 1.165) is 4.47 Å². The highest BCUT2D eigenvalue weighted by atomic mass is 79.9. The molecule has 2 atom stereocenters. The Kier molecular flexibility index (Phi) is 6.98. The van der Waals surface area contributed by atoms with Crippen LogP contribution in [0, 0.1) is 0 Å². The van der Waals surface area contributed by atoms with Crippen molar-refractivity contribution < 1.29 is 23.2 Å². The van der Waals surface area contributed by atoms with Crippen LogP contribution in [0.15, 0.2) is 28.7 Å². The summed E-state index contributed by atoms with van der Waals surface area (Å²) in [4.78, 5) is 18.0. The lowest BCUT2D eigenvalue weighted by atomic mass is 10.2. The van der Waals surface area contributed by atoms with Crippen LogP contribution in [0.3, 0.4) is 0 Å². The second-order valence-corrected chi connectivity index (χ2v) is 8.25. The van der Waals surface area contributed by atoms with Gasteiger partial charge in [-0.1, -0.05) is 12.1 Å². The summed E-state index contributed by atoms with van der Waals surface area (Å²) in [7, 11) is -1.75. The second kappa shape index (κ2) is 8.56. The zero-order chi connectivity index (χ0) is 17.7. The monoisotopic (exact) mass is 420 g/mol. The van der Waals surface area contributed by atoms with Gasteiger partial charge in [0.05, 0.1) is 18.9 Å². The van der Waals surface area contributed by atoms with E-state index in [1.807, 2.05) is 18.2 Å². The molecular weight excluding hydrogens is 399 g/mol. The molecule has 1 aromatic rings. The quantitative estimate of drug-likeness (QED) is 0.678. The third kappa shape index (κ3) is 4.45. The van der Waals surface area contributed by atoms with E-state index in [4.69, 9.17) is 13.9 Å². The van der Waals surface area contributed by atoms with Crippen LogP contribution < -0.4 is 5.32 Å². The number of nitrogens with one attached hydrogen (secondary N) is 1. The van der Waals surface area contributed by atoms with Crippen molar-refractivity contribution in [2.75, 3.05) is 25.6 Å². The molecule has 0 aromatic heterocycles. The number of amides is 1. The minimum Gasteiger partial charge on any atom is -0.323 e. The van der Waals surface area contributed by atoms with Crippen LogP contribution in [-0.2, 0) is 23.2 Å². The number of nitrogens with zero attached hydrogens (tertiary/aromatic N) is 1. The Morgan fingerprint density at radius 1 is 1.38 bits per heavy atom. The minimum atomic E-state index is -3.38. The van der Waals surface area contributed by atoms with Gasteiger partial charge in [-0.3, -0.25) is 14.2 Å². The zero-order valence-electron chi connectivity index (χ0n) is 13.9. The summed E-state index contributed by atoms with van der Waals surface area (Å²) in [6.45, 7) is 4.02. The smallest absolute Gasteiger partial charge is 0.323 e. The van der Waals surface area contributed by atoms with Crippen molar-refractivity contribution in [3.8, 4) is 0 Å². The number of hydrogen-bond donors (Lipinski definition) is 1. The molecule has 0 radical (unpaired) electrons. The van der Waals surface area contributed by atoms with Crippen LogP contribution in [0.4, 0.5) is 5.69 Å². The van der Waals surface area contributed by atoms with E-state index in [-0.39, 0.29) is 25.5 Å². The van der Waals surface area contributed by atoms with Gasteiger partial charge in [-0.15, -0.1) is 0 Å². The van der Waals surface area contributed by atoms with Gasteiger partial charge in [0.2, 0.25) is 0 Å². The molecule has 2 rings (SSSR count). The molecule has 134 valence electrons. The van der Waals surface area contributed by atoms with Crippen LogP contribution in [-0.4, -0.2) is 43.1 Å². The van der Waals surface area contributed by atoms with Crippen molar-refractivity contribution in [3.05, 3.63) is 28.7 Å². The third-order valence-corrected chi connectivity index (χ3v) is 6.74. The molecule has 24 heavy (non-hydrogen) atoms. The Morgan fingerprint density at radius 2 is 2.00 bits per heavy atom. The van der Waals surface area contributed by atoms with Gasteiger partial charge < -0.3 is 14.4 Å². The summed E-state index contributed by atoms with van der Waals surface area (Å²) >= 11 is 3.38. The van der Waals surface area contributed by atoms with Crippen LogP contribution in [0.25, 0.3) is 0 Å². The molecule has 1 N–H and O–H groups in total. The molecule has 9 heteroatoms. The van der Waals surface area contributed by atoms with Gasteiger partial charge in [-0.05, 0) is 41.9 Å². The Labute approximate surface area is 150 Å². The average Bonchev–Trinajstić information content (AvgIpc) is 2.93. The van der Waals surface area contributed by atoms with Gasteiger partial charge in [-0.25, -0.2) is 0 Å². The van der Waals surface area contributed by atoms with E-state index in [9.17, 15) is 9.36 Å². The van der Waals surface area contributed by atoms with Crippen LogP contribution in [0.5, 0.6) is 0 Å². The highest BCUT2D eigenvalue weighted by Crippen LogP contribution is 2.57. The molecule has 1 aliphatic rings. The molecule has 1 heterocycles. The predicted octanol–water partition coefficient (Wildman–Crippen LogP) is 3.62. The van der Waals surface area contributed by atoms with Gasteiger partial charge in [0.25, 0.3) is 5.91 Å². The van der Waals surface area contributed by atoms with E-state index >= 15 is 0 Å². The second-order valence-electron chi connectivity index (χ2n) is 5.20. The number of hydrogen-bond acceptors (Lipinski definition) is 6. The average molecular weight is 421 g/mol. The maximum absolute atomic E-state index is 12.9. The molecule has 1 aromatic carbocycles. The topological polar surface area (TPSA) is 77.1 Å². The third-order valence-electron chi connectivity index (χ3n) is 3.55. The largest absolute Gasteiger partial charge is 0.350 e. The number of carbonyl (C=O) groups is 1. The summed E-state index contributed by atoms with van der Waals surface area (Å²) < 4.78 is 24.4. The molecular formula is C15H22BrN2O5P. The molecule has 1 saturated heterocycles. The zero-order valence-corrected chi connectivity index (χ0v) is 16.4. The van der Waals surface area contributed by atoms with E-state index in [2.05, 4.69) is 21.2 Å². The van der Waals surface area contributed by atoms with E-state index < -0.39 is 19.5 Å². The van der Waals surface area contributed by atoms with Crippen LogP contribution in [0.1, 0.15) is 20.3 Å².